The van der Waals surface area contributed by atoms with Crippen molar-refractivity contribution in [3.63, 3.8) is 0 Å². The van der Waals surface area contributed by atoms with Crippen LogP contribution in [0.4, 0.5) is 0 Å². The highest BCUT2D eigenvalue weighted by Gasteiger charge is 2.29. The molecule has 1 unspecified atom stereocenters. The lowest BCUT2D eigenvalue weighted by atomic mass is 10.1. The minimum atomic E-state index is 0.195. The predicted molar refractivity (Wildman–Crippen MR) is 83.4 cm³/mol. The molecular formula is C16H25NO2S. The minimum absolute atomic E-state index is 0.195. The Morgan fingerprint density at radius 3 is 3.05 bits per heavy atom. The molecule has 2 heterocycles. The molecule has 1 amide bonds. The molecule has 1 aromatic heterocycles. The number of hydrogen-bond acceptors (Lipinski definition) is 3. The Balaban J connectivity index is 2.07. The number of amides is 1. The van der Waals surface area contributed by atoms with Crippen molar-refractivity contribution in [1.82, 2.24) is 4.90 Å². The summed E-state index contributed by atoms with van der Waals surface area (Å²) >= 11 is 1.63. The lowest BCUT2D eigenvalue weighted by molar-refractivity contribution is 0.0729. The molecule has 1 atom stereocenters. The van der Waals surface area contributed by atoms with E-state index in [1.54, 1.807) is 11.3 Å². The number of aliphatic hydroxyl groups excluding tert-OH is 1. The molecule has 0 aromatic carbocycles. The van der Waals surface area contributed by atoms with Crippen LogP contribution < -0.4 is 0 Å². The zero-order valence-electron chi connectivity index (χ0n) is 12.5. The summed E-state index contributed by atoms with van der Waals surface area (Å²) in [5, 5.41) is 8.97. The van der Waals surface area contributed by atoms with Crippen LogP contribution in [0.3, 0.4) is 0 Å². The summed E-state index contributed by atoms with van der Waals surface area (Å²) in [6, 6.07) is 2.42. The van der Waals surface area contributed by atoms with E-state index in [9.17, 15) is 4.79 Å². The Labute approximate surface area is 125 Å². The predicted octanol–water partition coefficient (Wildman–Crippen LogP) is 3.39. The molecular weight excluding hydrogens is 270 g/mol. The molecule has 2 rings (SSSR count). The van der Waals surface area contributed by atoms with Gasteiger partial charge in [0, 0.05) is 24.1 Å². The largest absolute Gasteiger partial charge is 0.396 e. The molecule has 0 saturated carbocycles. The third kappa shape index (κ3) is 3.41. The van der Waals surface area contributed by atoms with Crippen molar-refractivity contribution in [3.8, 4) is 0 Å². The van der Waals surface area contributed by atoms with Gasteiger partial charge in [0.05, 0.1) is 4.88 Å². The number of nitrogens with zero attached hydrogens (tertiary/aromatic N) is 1. The number of carbonyl (C=O) groups is 1. The van der Waals surface area contributed by atoms with Gasteiger partial charge in [0.2, 0.25) is 0 Å². The van der Waals surface area contributed by atoms with Crippen LogP contribution in [-0.4, -0.2) is 35.1 Å². The van der Waals surface area contributed by atoms with Crippen LogP contribution in [0.15, 0.2) is 6.07 Å². The zero-order valence-corrected chi connectivity index (χ0v) is 13.3. The number of aliphatic hydroxyl groups is 1. The van der Waals surface area contributed by atoms with Crippen LogP contribution in [0.25, 0.3) is 0 Å². The van der Waals surface area contributed by atoms with E-state index in [1.165, 1.54) is 10.4 Å². The molecule has 1 aliphatic heterocycles. The van der Waals surface area contributed by atoms with Gasteiger partial charge in [-0.2, -0.15) is 0 Å². The molecule has 1 N–H and O–H groups in total. The summed E-state index contributed by atoms with van der Waals surface area (Å²) in [5.41, 5.74) is 1.33. The fourth-order valence-corrected chi connectivity index (χ4v) is 4.04. The van der Waals surface area contributed by atoms with Gasteiger partial charge in [-0.25, -0.2) is 0 Å². The normalized spacial score (nSPS) is 18.8. The molecule has 3 nitrogen and oxygen atoms in total. The van der Waals surface area contributed by atoms with Crippen molar-refractivity contribution in [2.75, 3.05) is 13.2 Å². The molecule has 0 bridgehead atoms. The topological polar surface area (TPSA) is 40.5 Å². The smallest absolute Gasteiger partial charge is 0.264 e. The third-order valence-corrected chi connectivity index (χ3v) is 5.16. The quantitative estimate of drug-likeness (QED) is 0.874. The van der Waals surface area contributed by atoms with E-state index in [2.05, 4.69) is 19.9 Å². The maximum Gasteiger partial charge on any atom is 0.264 e. The molecule has 1 aromatic rings. The molecule has 0 aliphatic carbocycles. The highest BCUT2D eigenvalue weighted by molar-refractivity contribution is 7.14. The van der Waals surface area contributed by atoms with Gasteiger partial charge in [-0.05, 0) is 50.7 Å². The first-order valence-electron chi connectivity index (χ1n) is 7.68. The summed E-state index contributed by atoms with van der Waals surface area (Å²) in [7, 11) is 0. The highest BCUT2D eigenvalue weighted by Crippen LogP contribution is 2.28. The summed E-state index contributed by atoms with van der Waals surface area (Å²) in [5.74, 6) is 0.195. The highest BCUT2D eigenvalue weighted by atomic mass is 32.1. The lowest BCUT2D eigenvalue weighted by Gasteiger charge is -2.24. The first-order valence-corrected chi connectivity index (χ1v) is 8.50. The fourth-order valence-electron chi connectivity index (χ4n) is 3.01. The van der Waals surface area contributed by atoms with Gasteiger partial charge in [0.1, 0.15) is 0 Å². The summed E-state index contributed by atoms with van der Waals surface area (Å²) in [6.45, 7) is 5.37. The molecule has 0 spiro atoms. The van der Waals surface area contributed by atoms with Crippen molar-refractivity contribution in [1.29, 1.82) is 0 Å². The van der Waals surface area contributed by atoms with Crippen LogP contribution in [0, 0.1) is 6.92 Å². The van der Waals surface area contributed by atoms with Gasteiger partial charge >= 0.3 is 0 Å². The van der Waals surface area contributed by atoms with Crippen molar-refractivity contribution >= 4 is 17.2 Å². The van der Waals surface area contributed by atoms with E-state index >= 15 is 0 Å². The molecule has 4 heteroatoms. The van der Waals surface area contributed by atoms with E-state index in [0.29, 0.717) is 6.04 Å². The van der Waals surface area contributed by atoms with Crippen LogP contribution >= 0.6 is 11.3 Å². The average molecular weight is 295 g/mol. The molecule has 0 radical (unpaired) electrons. The Kier molecular flexibility index (Phi) is 5.61. The number of carbonyl (C=O) groups excluding carboxylic acids is 1. The first-order chi connectivity index (χ1) is 9.67. The molecule has 112 valence electrons. The fraction of sp³-hybridized carbons (Fsp3) is 0.688. The van der Waals surface area contributed by atoms with Crippen LogP contribution in [0.1, 0.15) is 59.1 Å². The van der Waals surface area contributed by atoms with Gasteiger partial charge in [0.15, 0.2) is 0 Å². The molecule has 1 fully saturated rings. The Morgan fingerprint density at radius 1 is 1.55 bits per heavy atom. The summed E-state index contributed by atoms with van der Waals surface area (Å²) < 4.78 is 0. The Bertz CT molecular complexity index is 455. The number of thiophene rings is 1. The van der Waals surface area contributed by atoms with E-state index in [4.69, 9.17) is 5.11 Å². The van der Waals surface area contributed by atoms with E-state index in [1.807, 2.05) is 4.90 Å². The number of likely N-dealkylation sites (tertiary alicyclic amines) is 1. The summed E-state index contributed by atoms with van der Waals surface area (Å²) in [4.78, 5) is 16.9. The van der Waals surface area contributed by atoms with Gasteiger partial charge in [-0.1, -0.05) is 13.3 Å². The SMILES string of the molecule is CCCc1cc(C(=O)N2CCCC2CCCO)sc1C. The Hall–Kier alpha value is -0.870. The lowest BCUT2D eigenvalue weighted by Crippen LogP contribution is -2.35. The second kappa shape index (κ2) is 7.23. The first kappa shape index (κ1) is 15.5. The van der Waals surface area contributed by atoms with Crippen LogP contribution in [-0.2, 0) is 6.42 Å². The minimum Gasteiger partial charge on any atom is -0.396 e. The second-order valence-corrected chi connectivity index (χ2v) is 6.86. The van der Waals surface area contributed by atoms with Crippen molar-refractivity contribution in [2.24, 2.45) is 0 Å². The van der Waals surface area contributed by atoms with E-state index in [0.717, 1.165) is 49.9 Å². The average Bonchev–Trinajstić information content (AvgIpc) is 3.03. The van der Waals surface area contributed by atoms with E-state index in [-0.39, 0.29) is 12.5 Å². The number of aryl methyl sites for hydroxylation is 2. The van der Waals surface area contributed by atoms with Gasteiger partial charge < -0.3 is 10.0 Å². The zero-order chi connectivity index (χ0) is 14.5. The monoisotopic (exact) mass is 295 g/mol. The van der Waals surface area contributed by atoms with Crippen LogP contribution in [0.2, 0.25) is 0 Å². The van der Waals surface area contributed by atoms with Crippen molar-refractivity contribution < 1.29 is 9.90 Å². The summed E-state index contributed by atoms with van der Waals surface area (Å²) in [6.07, 6.45) is 6.07. The van der Waals surface area contributed by atoms with Crippen LogP contribution in [0.5, 0.6) is 0 Å². The number of hydrogen-bond donors (Lipinski definition) is 1. The molecule has 20 heavy (non-hydrogen) atoms. The van der Waals surface area contributed by atoms with Crippen molar-refractivity contribution in [3.05, 3.63) is 21.4 Å². The third-order valence-electron chi connectivity index (χ3n) is 4.08. The van der Waals surface area contributed by atoms with Gasteiger partial charge in [-0.3, -0.25) is 4.79 Å². The Morgan fingerprint density at radius 2 is 2.35 bits per heavy atom. The maximum atomic E-state index is 12.7. The standard InChI is InChI=1S/C16H25NO2S/c1-3-6-13-11-15(20-12(13)2)16(19)17-9-4-7-14(17)8-5-10-18/h11,14,18H,3-10H2,1-2H3. The number of rotatable bonds is 6. The molecule has 1 saturated heterocycles. The van der Waals surface area contributed by atoms with E-state index < -0.39 is 0 Å². The van der Waals surface area contributed by atoms with Gasteiger partial charge in [0.25, 0.3) is 5.91 Å². The molecule has 1 aliphatic rings. The second-order valence-electron chi connectivity index (χ2n) is 5.60. The maximum absolute atomic E-state index is 12.7. The van der Waals surface area contributed by atoms with Crippen molar-refractivity contribution in [2.45, 2.75) is 58.4 Å². The van der Waals surface area contributed by atoms with Gasteiger partial charge in [-0.15, -0.1) is 11.3 Å².